The van der Waals surface area contributed by atoms with Crippen molar-refractivity contribution in [1.29, 1.82) is 0 Å². The second-order valence-electron chi connectivity index (χ2n) is 4.50. The first-order valence-corrected chi connectivity index (χ1v) is 7.39. The number of anilines is 1. The van der Waals surface area contributed by atoms with Crippen molar-refractivity contribution in [3.8, 4) is 0 Å². The maximum absolute atomic E-state index is 12.0. The lowest BCUT2D eigenvalue weighted by atomic mass is 10.2. The Labute approximate surface area is 126 Å². The summed E-state index contributed by atoms with van der Waals surface area (Å²) in [5.74, 6) is 0.120. The molecular formula is C13H16BrN3OS. The quantitative estimate of drug-likeness (QED) is 0.823. The summed E-state index contributed by atoms with van der Waals surface area (Å²) in [6, 6.07) is 5.62. The highest BCUT2D eigenvalue weighted by Crippen LogP contribution is 2.21. The summed E-state index contributed by atoms with van der Waals surface area (Å²) >= 11 is 8.40. The Hall–Kier alpha value is -1.14. The highest BCUT2D eigenvalue weighted by atomic mass is 79.9. The highest BCUT2D eigenvalue weighted by molar-refractivity contribution is 9.10. The fourth-order valence-electron chi connectivity index (χ4n) is 2.12. The molecule has 102 valence electrons. The van der Waals surface area contributed by atoms with Gasteiger partial charge in [0.05, 0.1) is 6.54 Å². The van der Waals surface area contributed by atoms with Gasteiger partial charge in [-0.2, -0.15) is 0 Å². The van der Waals surface area contributed by atoms with E-state index >= 15 is 0 Å². The molecule has 2 rings (SSSR count). The van der Waals surface area contributed by atoms with E-state index in [0.717, 1.165) is 41.7 Å². The molecule has 3 N–H and O–H groups in total. The molecule has 0 unspecified atom stereocenters. The van der Waals surface area contributed by atoms with Crippen molar-refractivity contribution in [1.82, 2.24) is 4.90 Å². The summed E-state index contributed by atoms with van der Waals surface area (Å²) in [5, 5.41) is 3.12. The van der Waals surface area contributed by atoms with E-state index in [2.05, 4.69) is 21.2 Å². The number of rotatable bonds is 4. The summed E-state index contributed by atoms with van der Waals surface area (Å²) in [6.45, 7) is 2.00. The number of carbonyl (C=O) groups is 1. The van der Waals surface area contributed by atoms with Gasteiger partial charge in [0, 0.05) is 28.8 Å². The molecule has 4 nitrogen and oxygen atoms in total. The van der Waals surface area contributed by atoms with Gasteiger partial charge in [-0.15, -0.1) is 0 Å². The summed E-state index contributed by atoms with van der Waals surface area (Å²) in [5.41, 5.74) is 7.23. The zero-order valence-corrected chi connectivity index (χ0v) is 12.9. The summed E-state index contributed by atoms with van der Waals surface area (Å²) in [4.78, 5) is 14.2. The smallest absolute Gasteiger partial charge is 0.241 e. The number of amides is 1. The maximum atomic E-state index is 12.0. The topological polar surface area (TPSA) is 58.4 Å². The van der Waals surface area contributed by atoms with E-state index in [1.807, 2.05) is 23.1 Å². The minimum absolute atomic E-state index is 0.120. The second-order valence-corrected chi connectivity index (χ2v) is 5.85. The molecule has 19 heavy (non-hydrogen) atoms. The van der Waals surface area contributed by atoms with Crippen molar-refractivity contribution >= 4 is 44.7 Å². The van der Waals surface area contributed by atoms with Gasteiger partial charge in [-0.3, -0.25) is 4.79 Å². The van der Waals surface area contributed by atoms with Crippen LogP contribution in [0.4, 0.5) is 5.69 Å². The number of nitrogens with two attached hydrogens (primary N) is 1. The minimum atomic E-state index is 0.120. The van der Waals surface area contributed by atoms with E-state index in [-0.39, 0.29) is 12.5 Å². The minimum Gasteiger partial charge on any atom is -0.389 e. The second kappa shape index (κ2) is 6.34. The van der Waals surface area contributed by atoms with Gasteiger partial charge >= 0.3 is 0 Å². The van der Waals surface area contributed by atoms with Crippen LogP contribution in [0.3, 0.4) is 0 Å². The average molecular weight is 342 g/mol. The monoisotopic (exact) mass is 341 g/mol. The van der Waals surface area contributed by atoms with Crippen LogP contribution in [0.25, 0.3) is 0 Å². The molecule has 0 saturated carbocycles. The van der Waals surface area contributed by atoms with Gasteiger partial charge in [-0.25, -0.2) is 0 Å². The third kappa shape index (κ3) is 3.67. The fraction of sp³-hybridized carbons (Fsp3) is 0.385. The first kappa shape index (κ1) is 14.3. The lowest BCUT2D eigenvalue weighted by Gasteiger charge is -2.17. The molecule has 1 fully saturated rings. The number of nitrogens with one attached hydrogen (secondary N) is 1. The predicted octanol–water partition coefficient (Wildman–Crippen LogP) is 2.12. The van der Waals surface area contributed by atoms with Gasteiger partial charge < -0.3 is 16.0 Å². The number of likely N-dealkylation sites (tertiary alicyclic amines) is 1. The Morgan fingerprint density at radius 1 is 1.42 bits per heavy atom. The highest BCUT2D eigenvalue weighted by Gasteiger charge is 2.17. The molecule has 0 aliphatic carbocycles. The van der Waals surface area contributed by atoms with Gasteiger partial charge in [0.15, 0.2) is 0 Å². The molecule has 6 heteroatoms. The first-order chi connectivity index (χ1) is 9.08. The van der Waals surface area contributed by atoms with Crippen molar-refractivity contribution in [2.75, 3.05) is 25.0 Å². The van der Waals surface area contributed by atoms with Crippen LogP contribution < -0.4 is 11.1 Å². The predicted molar refractivity (Wildman–Crippen MR) is 84.3 cm³/mol. The molecule has 1 aromatic rings. The summed E-state index contributed by atoms with van der Waals surface area (Å²) < 4.78 is 0.909. The Morgan fingerprint density at radius 2 is 2.11 bits per heavy atom. The van der Waals surface area contributed by atoms with Gasteiger partial charge in [0.2, 0.25) is 5.91 Å². The van der Waals surface area contributed by atoms with E-state index in [1.54, 1.807) is 0 Å². The Balaban J connectivity index is 2.02. The third-order valence-corrected chi connectivity index (χ3v) is 3.85. The number of nitrogens with zero attached hydrogens (tertiary/aromatic N) is 1. The van der Waals surface area contributed by atoms with Gasteiger partial charge in [-0.1, -0.05) is 28.1 Å². The number of carbonyl (C=O) groups excluding carboxylic acids is 1. The number of hydrogen-bond donors (Lipinski definition) is 2. The molecule has 0 radical (unpaired) electrons. The molecule has 1 aliphatic rings. The number of halogens is 1. The van der Waals surface area contributed by atoms with Crippen molar-refractivity contribution in [2.24, 2.45) is 5.73 Å². The SMILES string of the molecule is NC(=S)c1cc(Br)ccc1NCC(=O)N1CCCC1. The molecule has 0 aromatic heterocycles. The third-order valence-electron chi connectivity index (χ3n) is 3.14. The molecule has 1 heterocycles. The first-order valence-electron chi connectivity index (χ1n) is 6.19. The lowest BCUT2D eigenvalue weighted by molar-refractivity contribution is -0.128. The van der Waals surface area contributed by atoms with Crippen LogP contribution in [0.1, 0.15) is 18.4 Å². The van der Waals surface area contributed by atoms with Crippen LogP contribution in [-0.4, -0.2) is 35.4 Å². The molecule has 1 saturated heterocycles. The van der Waals surface area contributed by atoms with Crippen LogP contribution >= 0.6 is 28.1 Å². The van der Waals surface area contributed by atoms with Crippen molar-refractivity contribution in [3.63, 3.8) is 0 Å². The van der Waals surface area contributed by atoms with E-state index in [9.17, 15) is 4.79 Å². The van der Waals surface area contributed by atoms with Crippen molar-refractivity contribution in [3.05, 3.63) is 28.2 Å². The summed E-state index contributed by atoms with van der Waals surface area (Å²) in [7, 11) is 0. The zero-order valence-electron chi connectivity index (χ0n) is 10.5. The van der Waals surface area contributed by atoms with Gasteiger partial charge in [-0.05, 0) is 31.0 Å². The normalized spacial score (nSPS) is 14.5. The van der Waals surface area contributed by atoms with E-state index in [1.165, 1.54) is 0 Å². The van der Waals surface area contributed by atoms with Crippen LogP contribution in [0, 0.1) is 0 Å². The summed E-state index contributed by atoms with van der Waals surface area (Å²) in [6.07, 6.45) is 2.20. The molecule has 1 aliphatic heterocycles. The lowest BCUT2D eigenvalue weighted by Crippen LogP contribution is -2.33. The number of hydrogen-bond acceptors (Lipinski definition) is 3. The van der Waals surface area contributed by atoms with Crippen LogP contribution in [-0.2, 0) is 4.79 Å². The Morgan fingerprint density at radius 3 is 2.74 bits per heavy atom. The molecule has 1 aromatic carbocycles. The molecule has 0 spiro atoms. The van der Waals surface area contributed by atoms with Crippen molar-refractivity contribution < 1.29 is 4.79 Å². The zero-order chi connectivity index (χ0) is 13.8. The van der Waals surface area contributed by atoms with Crippen LogP contribution in [0.15, 0.2) is 22.7 Å². The largest absolute Gasteiger partial charge is 0.389 e. The number of benzene rings is 1. The molecule has 0 bridgehead atoms. The van der Waals surface area contributed by atoms with E-state index < -0.39 is 0 Å². The standard InChI is InChI=1S/C13H16BrN3OS/c14-9-3-4-11(10(7-9)13(15)19)16-8-12(18)17-5-1-2-6-17/h3-4,7,16H,1-2,5-6,8H2,(H2,15,19). The average Bonchev–Trinajstić information content (AvgIpc) is 2.90. The maximum Gasteiger partial charge on any atom is 0.241 e. The fourth-order valence-corrected chi connectivity index (χ4v) is 2.65. The molecular weight excluding hydrogens is 326 g/mol. The Kier molecular flexibility index (Phi) is 4.76. The number of thiocarbonyl (C=S) groups is 1. The van der Waals surface area contributed by atoms with Crippen LogP contribution in [0.2, 0.25) is 0 Å². The van der Waals surface area contributed by atoms with E-state index in [0.29, 0.717) is 4.99 Å². The van der Waals surface area contributed by atoms with Gasteiger partial charge in [0.1, 0.15) is 4.99 Å². The van der Waals surface area contributed by atoms with Gasteiger partial charge in [0.25, 0.3) is 0 Å². The molecule has 1 amide bonds. The van der Waals surface area contributed by atoms with E-state index in [4.69, 9.17) is 18.0 Å². The Bertz CT molecular complexity index is 501. The van der Waals surface area contributed by atoms with Crippen LogP contribution in [0.5, 0.6) is 0 Å². The van der Waals surface area contributed by atoms with Crippen molar-refractivity contribution in [2.45, 2.75) is 12.8 Å². The molecule has 0 atom stereocenters.